The monoisotopic (exact) mass is 254 g/mol. The maximum absolute atomic E-state index is 11.3. The molecule has 1 aliphatic carbocycles. The van der Waals surface area contributed by atoms with E-state index in [-0.39, 0.29) is 5.78 Å². The van der Waals surface area contributed by atoms with Gasteiger partial charge in [0.05, 0.1) is 10.0 Å². The largest absolute Gasteiger partial charge is 0.295 e. The molecular weight excluding hydrogens is 243 g/mol. The lowest BCUT2D eigenvalue weighted by Crippen LogP contribution is -2.14. The zero-order chi connectivity index (χ0) is 11.7. The van der Waals surface area contributed by atoms with Crippen molar-refractivity contribution in [2.75, 3.05) is 0 Å². The van der Waals surface area contributed by atoms with Crippen LogP contribution in [0.25, 0.3) is 0 Å². The van der Waals surface area contributed by atoms with Crippen molar-refractivity contribution in [1.29, 1.82) is 0 Å². The number of carbonyl (C=O) groups is 1. The van der Waals surface area contributed by atoms with E-state index in [1.165, 1.54) is 0 Å². The third-order valence-corrected chi connectivity index (χ3v) is 3.76. The molecule has 2 rings (SSSR count). The van der Waals surface area contributed by atoms with Crippen LogP contribution < -0.4 is 0 Å². The fourth-order valence-electron chi connectivity index (χ4n) is 2.05. The number of ketones is 1. The van der Waals surface area contributed by atoms with Gasteiger partial charge in [0.15, 0.2) is 5.78 Å². The smallest absolute Gasteiger partial charge is 0.158 e. The number of benzene rings is 1. The van der Waals surface area contributed by atoms with Gasteiger partial charge >= 0.3 is 0 Å². The molecule has 1 aromatic carbocycles. The van der Waals surface area contributed by atoms with Crippen LogP contribution in [0.2, 0.25) is 10.0 Å². The lowest BCUT2D eigenvalue weighted by molar-refractivity contribution is -0.116. The van der Waals surface area contributed by atoms with Crippen LogP contribution in [0.3, 0.4) is 0 Å². The van der Waals surface area contributed by atoms with Gasteiger partial charge in [-0.15, -0.1) is 0 Å². The van der Waals surface area contributed by atoms with E-state index in [2.05, 4.69) is 6.58 Å². The second-order valence-electron chi connectivity index (χ2n) is 4.14. The molecule has 1 atom stereocenters. The van der Waals surface area contributed by atoms with Crippen molar-refractivity contribution in [2.45, 2.75) is 25.2 Å². The summed E-state index contributed by atoms with van der Waals surface area (Å²) in [5, 5.41) is 1.14. The Morgan fingerprint density at radius 3 is 2.62 bits per heavy atom. The van der Waals surface area contributed by atoms with E-state index >= 15 is 0 Å². The number of allylic oxidation sites excluding steroid dienone is 1. The van der Waals surface area contributed by atoms with E-state index in [1.54, 1.807) is 6.07 Å². The molecule has 84 valence electrons. The molecule has 1 aliphatic rings. The van der Waals surface area contributed by atoms with Crippen molar-refractivity contribution in [3.63, 3.8) is 0 Å². The molecule has 1 fully saturated rings. The molecule has 0 amide bonds. The van der Waals surface area contributed by atoms with Crippen molar-refractivity contribution >= 4 is 29.0 Å². The first-order valence-electron chi connectivity index (χ1n) is 5.24. The number of hydrogen-bond acceptors (Lipinski definition) is 1. The quantitative estimate of drug-likeness (QED) is 0.680. The number of carbonyl (C=O) groups excluding carboxylic acids is 1. The van der Waals surface area contributed by atoms with Gasteiger partial charge in [-0.3, -0.25) is 4.79 Å². The Morgan fingerprint density at radius 1 is 1.25 bits per heavy atom. The highest BCUT2D eigenvalue weighted by atomic mass is 35.5. The van der Waals surface area contributed by atoms with Crippen molar-refractivity contribution in [3.8, 4) is 0 Å². The van der Waals surface area contributed by atoms with Gasteiger partial charge in [0.1, 0.15) is 0 Å². The highest BCUT2D eigenvalue weighted by Gasteiger charge is 2.23. The van der Waals surface area contributed by atoms with Crippen molar-refractivity contribution in [2.24, 2.45) is 0 Å². The molecule has 1 aromatic rings. The standard InChI is InChI=1S/C13H12Cl2O/c1-8-6-9(3-5-13(8)16)10-2-4-11(14)12(15)7-10/h2,4,7,9H,1,3,5-6H2. The molecule has 1 nitrogen and oxygen atoms in total. The first-order valence-corrected chi connectivity index (χ1v) is 5.99. The zero-order valence-corrected chi connectivity index (χ0v) is 10.3. The summed E-state index contributed by atoms with van der Waals surface area (Å²) in [6.45, 7) is 3.80. The number of halogens is 2. The van der Waals surface area contributed by atoms with Crippen LogP contribution in [0.15, 0.2) is 30.4 Å². The second kappa shape index (κ2) is 4.60. The van der Waals surface area contributed by atoms with Crippen LogP contribution in [0.5, 0.6) is 0 Å². The van der Waals surface area contributed by atoms with Crippen LogP contribution in [0, 0.1) is 0 Å². The molecule has 0 spiro atoms. The molecule has 3 heteroatoms. The predicted octanol–water partition coefficient (Wildman–Crippen LogP) is 4.39. The summed E-state index contributed by atoms with van der Waals surface area (Å²) in [6.07, 6.45) is 2.19. The zero-order valence-electron chi connectivity index (χ0n) is 8.80. The maximum Gasteiger partial charge on any atom is 0.158 e. The van der Waals surface area contributed by atoms with Crippen molar-refractivity contribution < 1.29 is 4.79 Å². The van der Waals surface area contributed by atoms with Gasteiger partial charge in [-0.05, 0) is 42.0 Å². The Kier molecular flexibility index (Phi) is 3.36. The van der Waals surface area contributed by atoms with Gasteiger partial charge in [0.2, 0.25) is 0 Å². The van der Waals surface area contributed by atoms with Crippen LogP contribution in [0.4, 0.5) is 0 Å². The number of hydrogen-bond donors (Lipinski definition) is 0. The molecule has 1 saturated carbocycles. The first-order chi connectivity index (χ1) is 7.58. The fraction of sp³-hybridized carbons (Fsp3) is 0.308. The molecule has 0 N–H and O–H groups in total. The molecule has 16 heavy (non-hydrogen) atoms. The molecule has 0 heterocycles. The van der Waals surface area contributed by atoms with Gasteiger partial charge in [-0.1, -0.05) is 35.8 Å². The predicted molar refractivity (Wildman–Crippen MR) is 67.2 cm³/mol. The summed E-state index contributed by atoms with van der Waals surface area (Å²) < 4.78 is 0. The molecule has 0 bridgehead atoms. The minimum atomic E-state index is 0.191. The van der Waals surface area contributed by atoms with E-state index in [1.807, 2.05) is 12.1 Å². The summed E-state index contributed by atoms with van der Waals surface area (Å²) >= 11 is 11.8. The molecule has 0 aromatic heterocycles. The van der Waals surface area contributed by atoms with Crippen LogP contribution >= 0.6 is 23.2 Å². The van der Waals surface area contributed by atoms with Crippen LogP contribution in [0.1, 0.15) is 30.7 Å². The molecule has 0 aliphatic heterocycles. The van der Waals surface area contributed by atoms with E-state index in [4.69, 9.17) is 23.2 Å². The first kappa shape index (κ1) is 11.7. The minimum Gasteiger partial charge on any atom is -0.295 e. The lowest BCUT2D eigenvalue weighted by Gasteiger charge is -2.23. The Bertz CT molecular complexity index is 451. The third-order valence-electron chi connectivity index (χ3n) is 3.02. The maximum atomic E-state index is 11.3. The summed E-state index contributed by atoms with van der Waals surface area (Å²) in [7, 11) is 0. The summed E-state index contributed by atoms with van der Waals surface area (Å²) in [5.74, 6) is 0.538. The number of rotatable bonds is 1. The van der Waals surface area contributed by atoms with Crippen LogP contribution in [-0.2, 0) is 4.79 Å². The molecule has 0 saturated heterocycles. The van der Waals surface area contributed by atoms with E-state index in [0.29, 0.717) is 22.4 Å². The summed E-state index contributed by atoms with van der Waals surface area (Å²) in [4.78, 5) is 11.3. The second-order valence-corrected chi connectivity index (χ2v) is 4.95. The van der Waals surface area contributed by atoms with Gasteiger partial charge in [-0.2, -0.15) is 0 Å². The average molecular weight is 255 g/mol. The Morgan fingerprint density at radius 2 is 2.00 bits per heavy atom. The number of Topliss-reactive ketones (excluding diaryl/α,β-unsaturated/α-hetero) is 1. The highest BCUT2D eigenvalue weighted by Crippen LogP contribution is 2.35. The topological polar surface area (TPSA) is 17.1 Å². The van der Waals surface area contributed by atoms with E-state index < -0.39 is 0 Å². The SMILES string of the molecule is C=C1CC(c2ccc(Cl)c(Cl)c2)CCC1=O. The molecule has 1 unspecified atom stereocenters. The van der Waals surface area contributed by atoms with Crippen molar-refractivity contribution in [1.82, 2.24) is 0 Å². The summed E-state index contributed by atoms with van der Waals surface area (Å²) in [6, 6.07) is 5.66. The Balaban J connectivity index is 2.22. The fourth-order valence-corrected chi connectivity index (χ4v) is 2.35. The Labute approximate surface area is 105 Å². The van der Waals surface area contributed by atoms with Crippen LogP contribution in [-0.4, -0.2) is 5.78 Å². The van der Waals surface area contributed by atoms with Crippen molar-refractivity contribution in [3.05, 3.63) is 46.0 Å². The van der Waals surface area contributed by atoms with E-state index in [0.717, 1.165) is 24.0 Å². The van der Waals surface area contributed by atoms with Gasteiger partial charge in [-0.25, -0.2) is 0 Å². The van der Waals surface area contributed by atoms with E-state index in [9.17, 15) is 4.79 Å². The minimum absolute atomic E-state index is 0.191. The lowest BCUT2D eigenvalue weighted by atomic mass is 9.81. The van der Waals surface area contributed by atoms with Gasteiger partial charge in [0.25, 0.3) is 0 Å². The molecule has 0 radical (unpaired) electrons. The van der Waals surface area contributed by atoms with Gasteiger partial charge < -0.3 is 0 Å². The molecular formula is C13H12Cl2O. The average Bonchev–Trinajstić information content (AvgIpc) is 2.26. The normalized spacial score (nSPS) is 21.2. The Hall–Kier alpha value is -0.790. The summed E-state index contributed by atoms with van der Waals surface area (Å²) in [5.41, 5.74) is 1.87. The third kappa shape index (κ3) is 2.31. The highest BCUT2D eigenvalue weighted by molar-refractivity contribution is 6.42. The van der Waals surface area contributed by atoms with Gasteiger partial charge in [0, 0.05) is 6.42 Å².